The second-order valence-electron chi connectivity index (χ2n) is 6.70. The Kier molecular flexibility index (Phi) is 5.27. The van der Waals surface area contributed by atoms with Crippen LogP contribution in [0.2, 0.25) is 0 Å². The number of nitrogens with one attached hydrogen (secondary N) is 2. The Hall–Kier alpha value is -2.74. The van der Waals surface area contributed by atoms with Crippen LogP contribution in [0.1, 0.15) is 19.4 Å². The Bertz CT molecular complexity index is 1080. The molecule has 0 atom stereocenters. The van der Waals surface area contributed by atoms with Crippen LogP contribution in [-0.2, 0) is 10.0 Å². The average molecular weight is 388 g/mol. The molecule has 3 aromatic rings. The first-order chi connectivity index (χ1) is 12.8. The van der Waals surface area contributed by atoms with Gasteiger partial charge in [-0.05, 0) is 48.7 Å². The summed E-state index contributed by atoms with van der Waals surface area (Å²) in [5.41, 5.74) is 1.54. The molecule has 0 unspecified atom stereocenters. The number of hydrogen-bond donors (Lipinski definition) is 2. The number of para-hydroxylation sites is 2. The second kappa shape index (κ2) is 7.48. The summed E-state index contributed by atoms with van der Waals surface area (Å²) in [5, 5.41) is 3.14. The molecule has 0 aliphatic heterocycles. The molecular weight excluding hydrogens is 367 g/mol. The number of halogens is 1. The first kappa shape index (κ1) is 19.0. The number of rotatable bonds is 6. The number of hydrogen-bond acceptors (Lipinski definition) is 5. The Morgan fingerprint density at radius 2 is 1.67 bits per heavy atom. The first-order valence-corrected chi connectivity index (χ1v) is 10.0. The van der Waals surface area contributed by atoms with Crippen LogP contribution < -0.4 is 10.0 Å². The third kappa shape index (κ3) is 4.33. The summed E-state index contributed by atoms with van der Waals surface area (Å²) in [6, 6.07) is 10.8. The van der Waals surface area contributed by atoms with E-state index in [9.17, 15) is 12.8 Å². The molecule has 1 heterocycles. The van der Waals surface area contributed by atoms with E-state index in [4.69, 9.17) is 0 Å². The molecule has 0 radical (unpaired) electrons. The van der Waals surface area contributed by atoms with Gasteiger partial charge in [0.05, 0.1) is 15.9 Å². The predicted molar refractivity (Wildman–Crippen MR) is 105 cm³/mol. The van der Waals surface area contributed by atoms with Gasteiger partial charge in [0.25, 0.3) is 10.0 Å². The topological polar surface area (TPSA) is 84.0 Å². The molecule has 6 nitrogen and oxygen atoms in total. The van der Waals surface area contributed by atoms with Crippen LogP contribution in [0.15, 0.2) is 47.4 Å². The zero-order chi connectivity index (χ0) is 19.6. The van der Waals surface area contributed by atoms with Crippen molar-refractivity contribution < 1.29 is 12.8 Å². The van der Waals surface area contributed by atoms with Crippen LogP contribution in [0.5, 0.6) is 0 Å². The number of fused-ring (bicyclic) bond motifs is 1. The molecule has 1 aromatic heterocycles. The van der Waals surface area contributed by atoms with Crippen molar-refractivity contribution in [2.75, 3.05) is 16.6 Å². The van der Waals surface area contributed by atoms with Gasteiger partial charge in [0, 0.05) is 6.54 Å². The third-order valence-corrected chi connectivity index (χ3v) is 5.41. The molecule has 2 N–H and O–H groups in total. The van der Waals surface area contributed by atoms with Crippen LogP contribution in [-0.4, -0.2) is 24.9 Å². The molecule has 8 heteroatoms. The minimum atomic E-state index is -3.95. The Morgan fingerprint density at radius 3 is 2.26 bits per heavy atom. The molecule has 0 saturated heterocycles. The highest BCUT2D eigenvalue weighted by molar-refractivity contribution is 7.92. The zero-order valence-electron chi connectivity index (χ0n) is 15.3. The third-order valence-electron chi connectivity index (χ3n) is 3.91. The van der Waals surface area contributed by atoms with Crippen molar-refractivity contribution in [1.82, 2.24) is 9.97 Å². The van der Waals surface area contributed by atoms with Crippen LogP contribution in [0.3, 0.4) is 0 Å². The maximum absolute atomic E-state index is 13.3. The lowest BCUT2D eigenvalue weighted by molar-refractivity contribution is 0.598. The van der Waals surface area contributed by atoms with E-state index in [-0.39, 0.29) is 10.7 Å². The van der Waals surface area contributed by atoms with Gasteiger partial charge in [-0.2, -0.15) is 0 Å². The molecular formula is C19H21FN4O2S. The van der Waals surface area contributed by atoms with E-state index in [1.54, 1.807) is 19.1 Å². The van der Waals surface area contributed by atoms with Crippen molar-refractivity contribution in [3.05, 3.63) is 53.8 Å². The van der Waals surface area contributed by atoms with E-state index in [0.29, 0.717) is 34.9 Å². The van der Waals surface area contributed by atoms with Gasteiger partial charge in [-0.3, -0.25) is 4.72 Å². The lowest BCUT2D eigenvalue weighted by Crippen LogP contribution is -2.18. The quantitative estimate of drug-likeness (QED) is 0.668. The summed E-state index contributed by atoms with van der Waals surface area (Å²) in [6.45, 7) is 6.22. The maximum Gasteiger partial charge on any atom is 0.263 e. The standard InChI is InChI=1S/C19H21FN4O2S/c1-12(2)11-21-18-19(23-16-7-5-4-6-15(16)22-18)24-27(25,26)17-9-8-14(20)10-13(17)3/h4-10,12H,11H2,1-3H3,(H,21,22)(H,23,24). The summed E-state index contributed by atoms with van der Waals surface area (Å²) in [5.74, 6) is 0.308. The van der Waals surface area contributed by atoms with Crippen LogP contribution >= 0.6 is 0 Å². The fourth-order valence-electron chi connectivity index (χ4n) is 2.59. The first-order valence-electron chi connectivity index (χ1n) is 8.56. The van der Waals surface area contributed by atoms with Crippen molar-refractivity contribution in [3.8, 4) is 0 Å². The van der Waals surface area contributed by atoms with E-state index in [1.807, 2.05) is 26.0 Å². The van der Waals surface area contributed by atoms with Gasteiger partial charge in [0.15, 0.2) is 11.6 Å². The largest absolute Gasteiger partial charge is 0.367 e. The number of nitrogens with zero attached hydrogens (tertiary/aromatic N) is 2. The lowest BCUT2D eigenvalue weighted by atomic mass is 10.2. The number of sulfonamides is 1. The summed E-state index contributed by atoms with van der Waals surface area (Å²) < 4.78 is 41.5. The van der Waals surface area contributed by atoms with E-state index in [1.165, 1.54) is 12.1 Å². The summed E-state index contributed by atoms with van der Waals surface area (Å²) in [6.07, 6.45) is 0. The molecule has 142 valence electrons. The summed E-state index contributed by atoms with van der Waals surface area (Å²) in [4.78, 5) is 8.92. The molecule has 0 aliphatic carbocycles. The van der Waals surface area contributed by atoms with Crippen molar-refractivity contribution in [3.63, 3.8) is 0 Å². The van der Waals surface area contributed by atoms with Gasteiger partial charge >= 0.3 is 0 Å². The molecule has 27 heavy (non-hydrogen) atoms. The van der Waals surface area contributed by atoms with Crippen molar-refractivity contribution in [2.45, 2.75) is 25.7 Å². The van der Waals surface area contributed by atoms with Gasteiger partial charge in [0.1, 0.15) is 5.82 Å². The molecule has 0 fully saturated rings. The van der Waals surface area contributed by atoms with Gasteiger partial charge < -0.3 is 5.32 Å². The Morgan fingerprint density at radius 1 is 1.04 bits per heavy atom. The Labute approximate surface area is 157 Å². The number of aryl methyl sites for hydroxylation is 1. The molecule has 3 rings (SSSR count). The average Bonchev–Trinajstić information content (AvgIpc) is 2.59. The molecule has 0 amide bonds. The second-order valence-corrected chi connectivity index (χ2v) is 8.35. The highest BCUT2D eigenvalue weighted by Crippen LogP contribution is 2.25. The monoisotopic (exact) mass is 388 g/mol. The highest BCUT2D eigenvalue weighted by Gasteiger charge is 2.21. The predicted octanol–water partition coefficient (Wildman–Crippen LogP) is 3.95. The van der Waals surface area contributed by atoms with Crippen LogP contribution in [0, 0.1) is 18.7 Å². The van der Waals surface area contributed by atoms with E-state index < -0.39 is 15.8 Å². The minimum absolute atomic E-state index is 0.00586. The van der Waals surface area contributed by atoms with Gasteiger partial charge in [0.2, 0.25) is 0 Å². The van der Waals surface area contributed by atoms with Crippen LogP contribution in [0.4, 0.5) is 16.0 Å². The maximum atomic E-state index is 13.3. The zero-order valence-corrected chi connectivity index (χ0v) is 16.1. The van der Waals surface area contributed by atoms with Crippen LogP contribution in [0.25, 0.3) is 11.0 Å². The molecule has 2 aromatic carbocycles. The normalized spacial score (nSPS) is 11.7. The van der Waals surface area contributed by atoms with E-state index in [0.717, 1.165) is 6.07 Å². The Balaban J connectivity index is 2.04. The van der Waals surface area contributed by atoms with E-state index in [2.05, 4.69) is 20.0 Å². The van der Waals surface area contributed by atoms with Gasteiger partial charge in [-0.25, -0.2) is 22.8 Å². The van der Waals surface area contributed by atoms with E-state index >= 15 is 0 Å². The summed E-state index contributed by atoms with van der Waals surface area (Å²) >= 11 is 0. The van der Waals surface area contributed by atoms with Gasteiger partial charge in [-0.15, -0.1) is 0 Å². The minimum Gasteiger partial charge on any atom is -0.367 e. The fourth-order valence-corrected chi connectivity index (χ4v) is 3.83. The molecule has 0 spiro atoms. The molecule has 0 aliphatic rings. The number of benzene rings is 2. The van der Waals surface area contributed by atoms with Crippen molar-refractivity contribution >= 4 is 32.7 Å². The van der Waals surface area contributed by atoms with Crippen molar-refractivity contribution in [2.24, 2.45) is 5.92 Å². The van der Waals surface area contributed by atoms with Crippen molar-refractivity contribution in [1.29, 1.82) is 0 Å². The smallest absolute Gasteiger partial charge is 0.263 e. The van der Waals surface area contributed by atoms with Gasteiger partial charge in [-0.1, -0.05) is 26.0 Å². The molecule has 0 bridgehead atoms. The fraction of sp³-hybridized carbons (Fsp3) is 0.263. The number of aromatic nitrogens is 2. The SMILES string of the molecule is Cc1cc(F)ccc1S(=O)(=O)Nc1nc2ccccc2nc1NCC(C)C. The number of anilines is 2. The highest BCUT2D eigenvalue weighted by atomic mass is 32.2. The summed E-state index contributed by atoms with van der Waals surface area (Å²) in [7, 11) is -3.95. The lowest BCUT2D eigenvalue weighted by Gasteiger charge is -2.15. The molecule has 0 saturated carbocycles.